The molecule has 0 spiro atoms. The maximum atomic E-state index is 6.44. The zero-order valence-corrected chi connectivity index (χ0v) is 18.8. The van der Waals surface area contributed by atoms with Crippen LogP contribution < -0.4 is 0 Å². The Kier molecular flexibility index (Phi) is 4.46. The number of fused-ring (bicyclic) bond motifs is 4. The molecule has 0 aliphatic carbocycles. The van der Waals surface area contributed by atoms with Gasteiger partial charge in [0.1, 0.15) is 11.2 Å². The van der Waals surface area contributed by atoms with Crippen LogP contribution in [0.3, 0.4) is 0 Å². The molecule has 0 atom stereocenters. The Hall–Kier alpha value is -4.76. The van der Waals surface area contributed by atoms with Gasteiger partial charge in [0.15, 0.2) is 0 Å². The summed E-state index contributed by atoms with van der Waals surface area (Å²) < 4.78 is 6.44. The SMILES string of the molecule is c1ccc(-c2cccc(-c3cccc(-c4c5ccccc5cc5c4oc4ccccc45)c3)n2)nc1. The lowest BCUT2D eigenvalue weighted by Gasteiger charge is -2.11. The van der Waals surface area contributed by atoms with E-state index in [1.807, 2.05) is 48.5 Å². The molecule has 35 heavy (non-hydrogen) atoms. The fraction of sp³-hybridized carbons (Fsp3) is 0. The number of benzene rings is 4. The molecule has 0 amide bonds. The number of nitrogens with zero attached hydrogens (tertiary/aromatic N) is 2. The van der Waals surface area contributed by atoms with Crippen molar-refractivity contribution in [2.75, 3.05) is 0 Å². The fourth-order valence-corrected chi connectivity index (χ4v) is 4.90. The predicted molar refractivity (Wildman–Crippen MR) is 143 cm³/mol. The summed E-state index contributed by atoms with van der Waals surface area (Å²) in [5.74, 6) is 0. The molecule has 0 unspecified atom stereocenters. The van der Waals surface area contributed by atoms with Gasteiger partial charge in [-0.15, -0.1) is 0 Å². The Labute approximate surface area is 202 Å². The maximum Gasteiger partial charge on any atom is 0.143 e. The molecule has 0 bridgehead atoms. The standard InChI is InChI=1S/C32H20N2O/c1-2-12-24-21(9-1)20-26-25-13-3-4-17-30(25)35-32(26)31(24)23-11-7-10-22(19-23)27-15-8-16-29(34-27)28-14-5-6-18-33-28/h1-20H. The summed E-state index contributed by atoms with van der Waals surface area (Å²) in [5, 5.41) is 4.64. The molecule has 3 heterocycles. The minimum Gasteiger partial charge on any atom is -0.455 e. The second-order valence-electron chi connectivity index (χ2n) is 8.65. The average molecular weight is 449 g/mol. The van der Waals surface area contributed by atoms with Gasteiger partial charge in [-0.25, -0.2) is 4.98 Å². The number of rotatable bonds is 3. The van der Waals surface area contributed by atoms with Crippen LogP contribution in [-0.2, 0) is 0 Å². The summed E-state index contributed by atoms with van der Waals surface area (Å²) in [4.78, 5) is 9.38. The second-order valence-corrected chi connectivity index (χ2v) is 8.65. The van der Waals surface area contributed by atoms with Crippen LogP contribution in [0.2, 0.25) is 0 Å². The molecule has 7 rings (SSSR count). The molecular weight excluding hydrogens is 428 g/mol. The first-order chi connectivity index (χ1) is 17.3. The lowest BCUT2D eigenvalue weighted by atomic mass is 9.94. The highest BCUT2D eigenvalue weighted by Gasteiger charge is 2.17. The number of furan rings is 1. The summed E-state index contributed by atoms with van der Waals surface area (Å²) in [6.07, 6.45) is 1.80. The summed E-state index contributed by atoms with van der Waals surface area (Å²) in [7, 11) is 0. The van der Waals surface area contributed by atoms with Crippen LogP contribution in [0.4, 0.5) is 0 Å². The van der Waals surface area contributed by atoms with E-state index in [2.05, 4.69) is 71.7 Å². The van der Waals surface area contributed by atoms with Crippen LogP contribution in [0.5, 0.6) is 0 Å². The average Bonchev–Trinajstić information content (AvgIpc) is 3.30. The van der Waals surface area contributed by atoms with Gasteiger partial charge in [-0.2, -0.15) is 0 Å². The zero-order valence-electron chi connectivity index (χ0n) is 18.8. The van der Waals surface area contributed by atoms with E-state index in [0.717, 1.165) is 55.7 Å². The third kappa shape index (κ3) is 3.29. The molecule has 0 aliphatic heterocycles. The molecule has 0 aliphatic rings. The van der Waals surface area contributed by atoms with Gasteiger partial charge in [-0.05, 0) is 58.8 Å². The van der Waals surface area contributed by atoms with Crippen molar-refractivity contribution in [1.82, 2.24) is 9.97 Å². The number of para-hydroxylation sites is 1. The predicted octanol–water partition coefficient (Wildman–Crippen LogP) is 8.53. The van der Waals surface area contributed by atoms with Crippen molar-refractivity contribution >= 4 is 32.7 Å². The van der Waals surface area contributed by atoms with E-state index in [0.29, 0.717) is 0 Å². The molecule has 0 fully saturated rings. The van der Waals surface area contributed by atoms with E-state index >= 15 is 0 Å². The minimum absolute atomic E-state index is 0.860. The van der Waals surface area contributed by atoms with Crippen LogP contribution >= 0.6 is 0 Å². The quantitative estimate of drug-likeness (QED) is 0.272. The van der Waals surface area contributed by atoms with E-state index in [4.69, 9.17) is 9.40 Å². The van der Waals surface area contributed by atoms with Crippen molar-refractivity contribution < 1.29 is 4.42 Å². The molecule has 0 N–H and O–H groups in total. The Morgan fingerprint density at radius 1 is 0.514 bits per heavy atom. The zero-order chi connectivity index (χ0) is 23.2. The fourth-order valence-electron chi connectivity index (χ4n) is 4.90. The van der Waals surface area contributed by atoms with Crippen molar-refractivity contribution in [3.05, 3.63) is 121 Å². The number of aromatic nitrogens is 2. The Bertz CT molecular complexity index is 1850. The van der Waals surface area contributed by atoms with E-state index in [-0.39, 0.29) is 0 Å². The number of pyridine rings is 2. The van der Waals surface area contributed by atoms with Crippen LogP contribution in [0.25, 0.3) is 66.5 Å². The smallest absolute Gasteiger partial charge is 0.143 e. The first-order valence-electron chi connectivity index (χ1n) is 11.7. The minimum atomic E-state index is 0.860. The van der Waals surface area contributed by atoms with Crippen molar-refractivity contribution in [1.29, 1.82) is 0 Å². The summed E-state index contributed by atoms with van der Waals surface area (Å²) in [6.45, 7) is 0. The van der Waals surface area contributed by atoms with Gasteiger partial charge in [0.25, 0.3) is 0 Å². The molecule has 3 aromatic heterocycles. The Morgan fingerprint density at radius 2 is 1.26 bits per heavy atom. The van der Waals surface area contributed by atoms with Crippen molar-refractivity contribution in [2.24, 2.45) is 0 Å². The first-order valence-corrected chi connectivity index (χ1v) is 11.7. The van der Waals surface area contributed by atoms with E-state index in [9.17, 15) is 0 Å². The van der Waals surface area contributed by atoms with Gasteiger partial charge in [0, 0.05) is 28.1 Å². The van der Waals surface area contributed by atoms with Crippen LogP contribution in [0, 0.1) is 0 Å². The second kappa shape index (κ2) is 7.93. The van der Waals surface area contributed by atoms with E-state index < -0.39 is 0 Å². The summed E-state index contributed by atoms with van der Waals surface area (Å²) in [5.41, 5.74) is 7.72. The molecule has 3 nitrogen and oxygen atoms in total. The highest BCUT2D eigenvalue weighted by atomic mass is 16.3. The van der Waals surface area contributed by atoms with Gasteiger partial charge in [-0.1, -0.05) is 72.8 Å². The normalized spacial score (nSPS) is 11.4. The molecule has 0 radical (unpaired) electrons. The number of hydrogen-bond acceptors (Lipinski definition) is 3. The lowest BCUT2D eigenvalue weighted by molar-refractivity contribution is 0.670. The summed E-state index contributed by atoms with van der Waals surface area (Å²) >= 11 is 0. The third-order valence-corrected chi connectivity index (χ3v) is 6.51. The monoisotopic (exact) mass is 448 g/mol. The Balaban J connectivity index is 1.46. The van der Waals surface area contributed by atoms with E-state index in [1.54, 1.807) is 6.20 Å². The van der Waals surface area contributed by atoms with Gasteiger partial charge < -0.3 is 4.42 Å². The van der Waals surface area contributed by atoms with E-state index in [1.165, 1.54) is 10.8 Å². The van der Waals surface area contributed by atoms with Gasteiger partial charge in [0.2, 0.25) is 0 Å². The molecule has 164 valence electrons. The highest BCUT2D eigenvalue weighted by Crippen LogP contribution is 2.41. The largest absolute Gasteiger partial charge is 0.455 e. The van der Waals surface area contributed by atoms with Crippen molar-refractivity contribution in [3.8, 4) is 33.8 Å². The van der Waals surface area contributed by atoms with Gasteiger partial charge in [-0.3, -0.25) is 4.98 Å². The first kappa shape index (κ1) is 19.7. The molecule has 3 heteroatoms. The Morgan fingerprint density at radius 3 is 2.17 bits per heavy atom. The molecule has 0 saturated heterocycles. The lowest BCUT2D eigenvalue weighted by Crippen LogP contribution is -1.90. The maximum absolute atomic E-state index is 6.44. The molecule has 0 saturated carbocycles. The third-order valence-electron chi connectivity index (χ3n) is 6.51. The topological polar surface area (TPSA) is 38.9 Å². The van der Waals surface area contributed by atoms with Crippen LogP contribution in [0.15, 0.2) is 126 Å². The summed E-state index contributed by atoms with van der Waals surface area (Å²) in [6, 6.07) is 39.5. The molecule has 4 aromatic carbocycles. The molecule has 7 aromatic rings. The number of hydrogen-bond donors (Lipinski definition) is 0. The highest BCUT2D eigenvalue weighted by molar-refractivity contribution is 6.18. The van der Waals surface area contributed by atoms with Crippen molar-refractivity contribution in [3.63, 3.8) is 0 Å². The molecular formula is C32H20N2O. The van der Waals surface area contributed by atoms with Crippen LogP contribution in [0.1, 0.15) is 0 Å². The van der Waals surface area contributed by atoms with Gasteiger partial charge in [0.05, 0.1) is 17.1 Å². The van der Waals surface area contributed by atoms with Crippen molar-refractivity contribution in [2.45, 2.75) is 0 Å². The van der Waals surface area contributed by atoms with Crippen LogP contribution in [-0.4, -0.2) is 9.97 Å². The van der Waals surface area contributed by atoms with Gasteiger partial charge >= 0.3 is 0 Å².